The number of nitrogens with zero attached hydrogens (tertiary/aromatic N) is 2. The number of hydrogen-bond donors (Lipinski definition) is 9. The number of piperidine rings is 1. The van der Waals surface area contributed by atoms with Crippen molar-refractivity contribution in [2.24, 2.45) is 11.8 Å². The molecule has 33 heteroatoms. The lowest BCUT2D eigenvalue weighted by molar-refractivity contribution is -0.134. The van der Waals surface area contributed by atoms with Crippen LogP contribution in [0.25, 0.3) is 0 Å². The van der Waals surface area contributed by atoms with Crippen LogP contribution in [-0.4, -0.2) is 140 Å². The molecule has 7 heterocycles. The number of aryl methyl sites for hydroxylation is 5. The Hall–Kier alpha value is -13.6. The minimum absolute atomic E-state index is 0.0388. The van der Waals surface area contributed by atoms with E-state index in [0.717, 1.165) is 89.5 Å². The van der Waals surface area contributed by atoms with Crippen molar-refractivity contribution in [1.29, 1.82) is 0 Å². The lowest BCUT2D eigenvalue weighted by Gasteiger charge is -2.34. The van der Waals surface area contributed by atoms with Gasteiger partial charge in [-0.1, -0.05) is 165 Å². The number of fused-ring (bicyclic) bond motifs is 5. The first-order chi connectivity index (χ1) is 66.4. The number of anilines is 5. The van der Waals surface area contributed by atoms with Gasteiger partial charge in [0.25, 0.3) is 0 Å². The van der Waals surface area contributed by atoms with Crippen molar-refractivity contribution in [3.63, 3.8) is 0 Å². The largest absolute Gasteiger partial charge is 0.454 e. The van der Waals surface area contributed by atoms with Crippen molar-refractivity contribution in [3.05, 3.63) is 322 Å². The third kappa shape index (κ3) is 26.6. The predicted octanol–water partition coefficient (Wildman–Crippen LogP) is 13.7. The number of sulfonamides is 2. The molecule has 9 N–H and O–H groups in total. The SMILES string of the molecule is CC1CCC(NC(=O)C(CS(=O)(=O)c2ccc3c(c2)CCC(=O)N3)c2ccccc2)CC1.Cc1ccnc(NC(=O)C(Cc2ccccc2)NS(=O)(=O)c2ccc3c(c2)CCC(=O)N3)c1.O=C1CCc2cc(S(=O)(=O)CC(C(=O)N3CCC(Cc4ccccc4)CC3)c3ccccc3)ccc2N1.O=C1CCc2cc(S(=O)(=O)NC(Cc3ccccc3)C(=O)NCc3ccc4c(c3)OCO4)ccc2N1. The highest BCUT2D eigenvalue weighted by Gasteiger charge is 2.38. The van der Waals surface area contributed by atoms with Gasteiger partial charge in [-0.25, -0.2) is 38.7 Å². The summed E-state index contributed by atoms with van der Waals surface area (Å²) in [6.07, 6.45) is 11.9. The first-order valence-electron chi connectivity index (χ1n) is 46.3. The molecule has 11 aromatic rings. The maximum atomic E-state index is 13.8. The molecule has 1 saturated carbocycles. The zero-order valence-electron chi connectivity index (χ0n) is 76.5. The molecule has 138 heavy (non-hydrogen) atoms. The Labute approximate surface area is 804 Å². The number of likely N-dealkylation sites (tertiary alicyclic amines) is 1. The van der Waals surface area contributed by atoms with Crippen molar-refractivity contribution in [3.8, 4) is 11.5 Å². The highest BCUT2D eigenvalue weighted by Crippen LogP contribution is 2.37. The number of nitrogens with one attached hydrogen (secondary N) is 9. The smallest absolute Gasteiger partial charge is 0.244 e. The molecule has 29 nitrogen and oxygen atoms in total. The van der Waals surface area contributed by atoms with Gasteiger partial charge in [-0.2, -0.15) is 9.44 Å². The molecular formula is C105H111N11O18S4. The fourth-order valence-electron chi connectivity index (χ4n) is 17.8. The van der Waals surface area contributed by atoms with Gasteiger partial charge in [0.15, 0.2) is 31.2 Å². The molecule has 0 radical (unpaired) electrons. The Morgan fingerprint density at radius 3 is 1.30 bits per heavy atom. The van der Waals surface area contributed by atoms with Crippen LogP contribution in [0.5, 0.6) is 11.5 Å². The number of sulfone groups is 2. The highest BCUT2D eigenvalue weighted by molar-refractivity contribution is 7.92. The van der Waals surface area contributed by atoms with E-state index in [9.17, 15) is 72.0 Å². The van der Waals surface area contributed by atoms with Crippen molar-refractivity contribution >= 4 is 116 Å². The molecule has 1 aromatic heterocycles. The maximum Gasteiger partial charge on any atom is 0.244 e. The number of benzene rings is 10. The van der Waals surface area contributed by atoms with E-state index in [-0.39, 0.29) is 98.8 Å². The molecule has 7 aliphatic rings. The predicted molar refractivity (Wildman–Crippen MR) is 526 cm³/mol. The number of carbonyl (C=O) groups excluding carboxylic acids is 8. The molecule has 1 saturated heterocycles. The fourth-order valence-corrected chi connectivity index (χ4v) is 23.4. The van der Waals surface area contributed by atoms with Crippen LogP contribution < -0.4 is 56.1 Å². The standard InChI is InChI=1S/C30H32N2O4S.C26H25N3O6S.C25H30N2O4S.C24H24N4O4S/c33-29-14-11-25-20-26(12-13-28(25)31-29)37(35,36)21-27(24-9-5-2-6-10-24)30(34)32-17-15-23(16-18-32)19-22-7-3-1-4-8-22;30-25-11-7-19-14-20(8-9-21(19)28-25)36(32,33)29-22(12-17-4-2-1-3-5-17)26(31)27-15-18-6-10-23-24(13-18)35-16-34-23;1-17-7-10-20(11-8-17)26-25(29)22(18-5-3-2-4-6-18)16-32(30,31)21-12-13-23-19(15-21)9-14-24(28)27-23;1-16-11-12-25-22(13-16)27-24(30)21(14-17-5-3-2-4-6-17)28-33(31,32)19-8-9-20-18(15-19)7-10-23(29)26-20/h1-10,12-13,20,23,27H,11,14-19,21H2,(H,31,33);1-6,8-10,13-14,22,29H,7,11-12,15-16H2,(H,27,31)(H,28,30);2-6,12-13,15,17,20,22H,7-11,14,16H2,1H3,(H,26,29)(H,27,28);2-6,8-9,11-13,15,21,28H,7,10,14H2,1H3,(H,26,29)(H,25,27,30). The summed E-state index contributed by atoms with van der Waals surface area (Å²) in [4.78, 5) is 106. The molecule has 6 aliphatic heterocycles. The zero-order chi connectivity index (χ0) is 97.1. The number of pyridine rings is 1. The summed E-state index contributed by atoms with van der Waals surface area (Å²) in [5.74, 6) is -0.998. The van der Waals surface area contributed by atoms with Gasteiger partial charge in [0.05, 0.1) is 42.9 Å². The van der Waals surface area contributed by atoms with Gasteiger partial charge in [0, 0.05) is 80.3 Å². The van der Waals surface area contributed by atoms with E-state index in [4.69, 9.17) is 9.47 Å². The normalized spacial score (nSPS) is 17.0. The number of carbonyl (C=O) groups is 8. The Balaban J connectivity index is 0.000000140. The van der Waals surface area contributed by atoms with Crippen molar-refractivity contribution in [2.45, 2.75) is 179 Å². The first-order valence-corrected chi connectivity index (χ1v) is 52.6. The zero-order valence-corrected chi connectivity index (χ0v) is 79.8. The van der Waals surface area contributed by atoms with Gasteiger partial charge in [-0.3, -0.25) is 38.4 Å². The molecule has 0 spiro atoms. The summed E-state index contributed by atoms with van der Waals surface area (Å²) in [5.41, 5.74) is 11.7. The first kappa shape index (κ1) is 98.9. The van der Waals surface area contributed by atoms with Gasteiger partial charge >= 0.3 is 0 Å². The maximum absolute atomic E-state index is 13.8. The molecule has 2 fully saturated rings. The summed E-state index contributed by atoms with van der Waals surface area (Å²) in [7, 11) is -15.5. The fraction of sp³-hybridized carbons (Fsp3) is 0.305. The van der Waals surface area contributed by atoms with Gasteiger partial charge in [0.2, 0.25) is 74.1 Å². The van der Waals surface area contributed by atoms with Crippen LogP contribution >= 0.6 is 0 Å². The number of rotatable bonds is 28. The van der Waals surface area contributed by atoms with Crippen molar-refractivity contribution in [1.82, 2.24) is 30.0 Å². The van der Waals surface area contributed by atoms with Crippen molar-refractivity contribution < 1.29 is 81.5 Å². The number of aromatic nitrogens is 1. The molecule has 4 unspecified atom stereocenters. The summed E-state index contributed by atoms with van der Waals surface area (Å²) in [6, 6.07) is 72.7. The molecule has 10 aromatic carbocycles. The van der Waals surface area contributed by atoms with Crippen LogP contribution in [0.15, 0.2) is 281 Å². The molecule has 4 atom stereocenters. The lowest BCUT2D eigenvalue weighted by Crippen LogP contribution is -2.47. The molecule has 718 valence electrons. The van der Waals surface area contributed by atoms with E-state index in [1.165, 1.54) is 35.9 Å². The summed E-state index contributed by atoms with van der Waals surface area (Å²) in [6.45, 7) is 5.72. The van der Waals surface area contributed by atoms with E-state index in [1.807, 2.05) is 145 Å². The topological polar surface area (TPSA) is 416 Å². The van der Waals surface area contributed by atoms with Crippen LogP contribution in [0.3, 0.4) is 0 Å². The highest BCUT2D eigenvalue weighted by atomic mass is 32.2. The minimum atomic E-state index is -4.02. The number of ether oxygens (including phenoxy) is 2. The van der Waals surface area contributed by atoms with Crippen LogP contribution in [0, 0.1) is 18.8 Å². The Kier molecular flexibility index (Phi) is 32.4. The lowest BCUT2D eigenvalue weighted by atomic mass is 9.87. The Morgan fingerprint density at radius 1 is 0.420 bits per heavy atom. The van der Waals surface area contributed by atoms with Gasteiger partial charge < -0.3 is 51.6 Å². The Bertz CT molecular complexity index is 6780. The molecule has 18 rings (SSSR count). The van der Waals surface area contributed by atoms with E-state index in [1.54, 1.807) is 72.9 Å². The summed E-state index contributed by atoms with van der Waals surface area (Å²) < 4.78 is 123. The third-order valence-electron chi connectivity index (χ3n) is 25.5. The quantitative estimate of drug-likeness (QED) is 0.0220. The average molecular weight is 1940 g/mol. The summed E-state index contributed by atoms with van der Waals surface area (Å²) >= 11 is 0. The van der Waals surface area contributed by atoms with E-state index in [0.29, 0.717) is 127 Å². The van der Waals surface area contributed by atoms with Gasteiger partial charge in [-0.15, -0.1) is 0 Å². The second-order valence-corrected chi connectivity index (χ2v) is 43.2. The van der Waals surface area contributed by atoms with Crippen LogP contribution in [0.1, 0.15) is 144 Å². The second kappa shape index (κ2) is 45.1. The van der Waals surface area contributed by atoms with Gasteiger partial charge in [-0.05, 0) is 260 Å². The van der Waals surface area contributed by atoms with Crippen molar-refractivity contribution in [2.75, 3.05) is 58.0 Å². The monoisotopic (exact) mass is 1940 g/mol. The second-order valence-electron chi connectivity index (χ2n) is 35.7. The van der Waals surface area contributed by atoms with E-state index < -0.39 is 75.5 Å². The number of amides is 8. The van der Waals surface area contributed by atoms with Crippen LogP contribution in [0.2, 0.25) is 0 Å². The average Bonchev–Trinajstić information content (AvgIpc) is 1.02. The Morgan fingerprint density at radius 2 is 0.833 bits per heavy atom. The molecular weight excluding hydrogens is 1830 g/mol. The number of hydrogen-bond acceptors (Lipinski definition) is 19. The summed E-state index contributed by atoms with van der Waals surface area (Å²) in [5, 5.41) is 19.7. The van der Waals surface area contributed by atoms with Crippen LogP contribution in [0.4, 0.5) is 28.6 Å². The van der Waals surface area contributed by atoms with E-state index in [2.05, 4.69) is 82.8 Å². The minimum Gasteiger partial charge on any atom is -0.454 e. The molecule has 0 bridgehead atoms. The van der Waals surface area contributed by atoms with Gasteiger partial charge in [0.1, 0.15) is 17.9 Å². The third-order valence-corrected chi connectivity index (χ3v) is 32.0. The molecule has 8 amide bonds. The van der Waals surface area contributed by atoms with Crippen LogP contribution in [-0.2, 0) is 130 Å². The van der Waals surface area contributed by atoms with E-state index >= 15 is 0 Å². The molecule has 1 aliphatic carbocycles.